The maximum absolute atomic E-state index is 12.9. The van der Waals surface area contributed by atoms with Crippen molar-refractivity contribution >= 4 is 62.7 Å². The lowest BCUT2D eigenvalue weighted by atomic mass is 10.0. The molecule has 0 saturated carbocycles. The number of methoxy groups -OCH3 is 1. The summed E-state index contributed by atoms with van der Waals surface area (Å²) in [4.78, 5) is 26.9. The number of rotatable bonds is 12. The number of benzene rings is 1. The summed E-state index contributed by atoms with van der Waals surface area (Å²) in [5.41, 5.74) is 2.13. The fourth-order valence-corrected chi connectivity index (χ4v) is 5.42. The third-order valence-corrected chi connectivity index (χ3v) is 6.74. The number of carbonyl (C=O) groups excluding carboxylic acids is 2. The van der Waals surface area contributed by atoms with Crippen LogP contribution in [0.5, 0.6) is 0 Å². The second-order valence-corrected chi connectivity index (χ2v) is 9.20. The van der Waals surface area contributed by atoms with Crippen molar-refractivity contribution in [3.05, 3.63) is 23.8 Å². The number of aliphatic hydroxyl groups is 4. The summed E-state index contributed by atoms with van der Waals surface area (Å²) < 4.78 is 6.27. The molecule has 0 spiro atoms. The quantitative estimate of drug-likeness (QED) is 0.166. The van der Waals surface area contributed by atoms with Crippen LogP contribution >= 0.6 is 45.2 Å². The number of likely N-dealkylation sites (N-methyl/N-ethyl adjacent to an activating group) is 1. The van der Waals surface area contributed by atoms with Gasteiger partial charge in [-0.3, -0.25) is 14.5 Å². The van der Waals surface area contributed by atoms with E-state index in [0.717, 1.165) is 9.13 Å². The van der Waals surface area contributed by atoms with Gasteiger partial charge in [0.2, 0.25) is 5.91 Å². The molecule has 0 radical (unpaired) electrons. The van der Waals surface area contributed by atoms with Gasteiger partial charge in [0.05, 0.1) is 36.7 Å². The van der Waals surface area contributed by atoms with E-state index in [-0.39, 0.29) is 32.2 Å². The van der Waals surface area contributed by atoms with Crippen molar-refractivity contribution in [2.45, 2.75) is 25.7 Å². The summed E-state index contributed by atoms with van der Waals surface area (Å²) in [5.74, 6) is -0.825. The van der Waals surface area contributed by atoms with E-state index in [9.17, 15) is 19.8 Å². The lowest BCUT2D eigenvalue weighted by molar-refractivity contribution is -0.119. The molecule has 0 aliphatic heterocycles. The minimum absolute atomic E-state index is 0.125. The molecule has 0 heterocycles. The van der Waals surface area contributed by atoms with Gasteiger partial charge < -0.3 is 35.8 Å². The van der Waals surface area contributed by atoms with Gasteiger partial charge in [0.1, 0.15) is 6.61 Å². The molecule has 0 fully saturated rings. The van der Waals surface area contributed by atoms with Gasteiger partial charge in [-0.15, -0.1) is 0 Å². The Kier molecular flexibility index (Phi) is 12.7. The van der Waals surface area contributed by atoms with Crippen molar-refractivity contribution in [2.24, 2.45) is 0 Å². The van der Waals surface area contributed by atoms with Crippen LogP contribution in [-0.4, -0.2) is 96.4 Å². The van der Waals surface area contributed by atoms with E-state index < -0.39 is 24.7 Å². The highest BCUT2D eigenvalue weighted by molar-refractivity contribution is 14.1. The predicted molar refractivity (Wildman–Crippen MR) is 132 cm³/mol. The lowest BCUT2D eigenvalue weighted by Gasteiger charge is -2.25. The Morgan fingerprint density at radius 1 is 1.13 bits per heavy atom. The first-order valence-corrected chi connectivity index (χ1v) is 11.6. The first kappa shape index (κ1) is 28.4. The Morgan fingerprint density at radius 2 is 1.74 bits per heavy atom. The summed E-state index contributed by atoms with van der Waals surface area (Å²) >= 11 is 4.17. The number of nitrogens with zero attached hydrogens (tertiary/aromatic N) is 1. The van der Waals surface area contributed by atoms with Crippen molar-refractivity contribution in [3.63, 3.8) is 0 Å². The number of hydrogen-bond donors (Lipinski definition) is 6. The standard InChI is InChI=1S/C19H29I2N3O7/c1-10-15(19(30)22-4-11(27)7-25)16(20)13(6-24(2)5-12(28)8-26)17(21)18(10)23-14(29)9-31-3/h11-12,25-28H,4-9H2,1-3H3,(H,22,30)(H,23,29). The van der Waals surface area contributed by atoms with Gasteiger partial charge >= 0.3 is 0 Å². The largest absolute Gasteiger partial charge is 0.394 e. The zero-order valence-electron chi connectivity index (χ0n) is 17.6. The van der Waals surface area contributed by atoms with E-state index in [1.807, 2.05) is 0 Å². The molecule has 0 aliphatic carbocycles. The molecule has 2 amide bonds. The molecule has 0 aliphatic rings. The van der Waals surface area contributed by atoms with Crippen LogP contribution in [0, 0.1) is 14.1 Å². The molecule has 176 valence electrons. The van der Waals surface area contributed by atoms with Crippen molar-refractivity contribution < 1.29 is 34.8 Å². The van der Waals surface area contributed by atoms with Crippen molar-refractivity contribution in [2.75, 3.05) is 52.4 Å². The van der Waals surface area contributed by atoms with Crippen molar-refractivity contribution in [1.82, 2.24) is 10.2 Å². The summed E-state index contributed by atoms with van der Waals surface area (Å²) in [6.07, 6.45) is -1.99. The monoisotopic (exact) mass is 665 g/mol. The highest BCUT2D eigenvalue weighted by atomic mass is 127. The second kappa shape index (κ2) is 13.8. The highest BCUT2D eigenvalue weighted by Crippen LogP contribution is 2.35. The topological polar surface area (TPSA) is 152 Å². The zero-order valence-corrected chi connectivity index (χ0v) is 21.9. The number of anilines is 1. The van der Waals surface area contributed by atoms with E-state index >= 15 is 0 Å². The summed E-state index contributed by atoms with van der Waals surface area (Å²) in [6, 6.07) is 0. The average molecular weight is 665 g/mol. The fraction of sp³-hybridized carbons (Fsp3) is 0.579. The lowest BCUT2D eigenvalue weighted by Crippen LogP contribution is -2.35. The van der Waals surface area contributed by atoms with Crippen LogP contribution in [0.1, 0.15) is 21.5 Å². The maximum Gasteiger partial charge on any atom is 0.252 e. The summed E-state index contributed by atoms with van der Waals surface area (Å²) in [5, 5.41) is 42.8. The molecular formula is C19H29I2N3O7. The number of halogens is 2. The molecule has 0 aromatic heterocycles. The molecule has 1 rings (SSSR count). The molecular weight excluding hydrogens is 636 g/mol. The summed E-state index contributed by atoms with van der Waals surface area (Å²) in [6.45, 7) is 1.15. The van der Waals surface area contributed by atoms with Gasteiger partial charge in [-0.2, -0.15) is 0 Å². The SMILES string of the molecule is COCC(=O)Nc1c(C)c(C(=O)NCC(O)CO)c(I)c(CN(C)CC(O)CO)c1I. The Morgan fingerprint density at radius 3 is 2.29 bits per heavy atom. The number of nitrogens with one attached hydrogen (secondary N) is 2. The molecule has 12 heteroatoms. The first-order valence-electron chi connectivity index (χ1n) is 9.41. The van der Waals surface area contributed by atoms with Gasteiger partial charge in [-0.1, -0.05) is 0 Å². The number of aliphatic hydroxyl groups excluding tert-OH is 4. The van der Waals surface area contributed by atoms with E-state index in [1.54, 1.807) is 18.9 Å². The Balaban J connectivity index is 3.43. The van der Waals surface area contributed by atoms with E-state index in [2.05, 4.69) is 55.8 Å². The van der Waals surface area contributed by atoms with Crippen LogP contribution in [0.2, 0.25) is 0 Å². The van der Waals surface area contributed by atoms with Crippen molar-refractivity contribution in [3.8, 4) is 0 Å². The molecule has 2 atom stereocenters. The van der Waals surface area contributed by atoms with Gasteiger partial charge in [-0.25, -0.2) is 0 Å². The number of carbonyl (C=O) groups is 2. The third kappa shape index (κ3) is 8.34. The van der Waals surface area contributed by atoms with Crippen LogP contribution in [0.25, 0.3) is 0 Å². The zero-order chi connectivity index (χ0) is 23.7. The predicted octanol–water partition coefficient (Wildman–Crippen LogP) is -0.343. The van der Waals surface area contributed by atoms with Crippen LogP contribution in [-0.2, 0) is 16.1 Å². The van der Waals surface area contributed by atoms with Gasteiger partial charge in [0.15, 0.2) is 0 Å². The van der Waals surface area contributed by atoms with E-state index in [4.69, 9.17) is 14.9 Å². The molecule has 6 N–H and O–H groups in total. The molecule has 31 heavy (non-hydrogen) atoms. The van der Waals surface area contributed by atoms with Gasteiger partial charge in [0.25, 0.3) is 5.91 Å². The third-order valence-electron chi connectivity index (χ3n) is 4.36. The van der Waals surface area contributed by atoms with Crippen LogP contribution < -0.4 is 10.6 Å². The van der Waals surface area contributed by atoms with Crippen molar-refractivity contribution in [1.29, 1.82) is 0 Å². The molecule has 0 saturated heterocycles. The normalized spacial score (nSPS) is 13.2. The summed E-state index contributed by atoms with van der Waals surface area (Å²) in [7, 11) is 3.18. The minimum Gasteiger partial charge on any atom is -0.394 e. The number of amides is 2. The van der Waals surface area contributed by atoms with Gasteiger partial charge in [-0.05, 0) is 70.3 Å². The molecule has 1 aromatic carbocycles. The van der Waals surface area contributed by atoms with Crippen LogP contribution in [0.4, 0.5) is 5.69 Å². The average Bonchev–Trinajstić information content (AvgIpc) is 2.72. The van der Waals surface area contributed by atoms with Crippen LogP contribution in [0.3, 0.4) is 0 Å². The van der Waals surface area contributed by atoms with Gasteiger partial charge in [0, 0.05) is 33.9 Å². The Hall–Kier alpha value is -0.620. The Bertz CT molecular complexity index is 780. The van der Waals surface area contributed by atoms with Crippen LogP contribution in [0.15, 0.2) is 0 Å². The fourth-order valence-electron chi connectivity index (χ4n) is 2.83. The number of hydrogen-bond acceptors (Lipinski definition) is 8. The van der Waals surface area contributed by atoms with E-state index in [1.165, 1.54) is 7.11 Å². The molecule has 10 nitrogen and oxygen atoms in total. The number of ether oxygens (including phenoxy) is 1. The second-order valence-electron chi connectivity index (χ2n) is 7.04. The molecule has 2 unspecified atom stereocenters. The molecule has 0 bridgehead atoms. The maximum atomic E-state index is 12.9. The van der Waals surface area contributed by atoms with E-state index in [0.29, 0.717) is 26.9 Å². The highest BCUT2D eigenvalue weighted by Gasteiger charge is 2.25. The smallest absolute Gasteiger partial charge is 0.252 e. The first-order chi connectivity index (χ1) is 14.6. The minimum atomic E-state index is -1.09. The Labute approximate surface area is 208 Å². The molecule has 1 aromatic rings.